The maximum atomic E-state index is 14.1. The fourth-order valence-electron chi connectivity index (χ4n) is 6.49. The molecule has 290 valence electrons. The summed E-state index contributed by atoms with van der Waals surface area (Å²) in [6.07, 6.45) is 2.38. The van der Waals surface area contributed by atoms with Gasteiger partial charge in [-0.25, -0.2) is 0 Å². The lowest BCUT2D eigenvalue weighted by atomic mass is 9.93. The van der Waals surface area contributed by atoms with Crippen molar-refractivity contribution in [3.63, 3.8) is 0 Å². The van der Waals surface area contributed by atoms with E-state index in [1.54, 1.807) is 6.92 Å². The van der Waals surface area contributed by atoms with Crippen LogP contribution in [0.15, 0.2) is 60.7 Å². The molecule has 12 nitrogen and oxygen atoms in total. The number of benzene rings is 2. The summed E-state index contributed by atoms with van der Waals surface area (Å²) in [6, 6.07) is 15.7. The summed E-state index contributed by atoms with van der Waals surface area (Å²) in [5.41, 5.74) is 1.10. The number of carbonyl (C=O) groups excluding carboxylic acids is 5. The maximum absolute atomic E-state index is 14.1. The van der Waals surface area contributed by atoms with Gasteiger partial charge in [-0.2, -0.15) is 0 Å². The van der Waals surface area contributed by atoms with Crippen LogP contribution in [0.5, 0.6) is 0 Å². The Kier molecular flexibility index (Phi) is 16.0. The van der Waals surface area contributed by atoms with E-state index in [9.17, 15) is 24.0 Å². The lowest BCUT2D eigenvalue weighted by Crippen LogP contribution is -2.59. The van der Waals surface area contributed by atoms with Gasteiger partial charge in [0.1, 0.15) is 23.7 Å². The zero-order valence-corrected chi connectivity index (χ0v) is 32.0. The van der Waals surface area contributed by atoms with E-state index in [0.29, 0.717) is 65.0 Å². The summed E-state index contributed by atoms with van der Waals surface area (Å²) >= 11 is 0. The fraction of sp³-hybridized carbons (Fsp3) is 0.585. The monoisotopic (exact) mass is 733 g/mol. The first-order chi connectivity index (χ1) is 25.3. The number of rotatable bonds is 21. The Morgan fingerprint density at radius 1 is 0.660 bits per heavy atom. The number of hydrogen-bond acceptors (Lipinski definition) is 8. The van der Waals surface area contributed by atoms with Gasteiger partial charge in [-0.3, -0.25) is 28.9 Å². The minimum absolute atomic E-state index is 0.0219. The molecule has 0 aromatic heterocycles. The number of ether oxygens (including phenoxy) is 2. The van der Waals surface area contributed by atoms with Gasteiger partial charge in [-0.15, -0.1) is 0 Å². The fourth-order valence-corrected chi connectivity index (χ4v) is 6.49. The molecule has 53 heavy (non-hydrogen) atoms. The number of aryl methyl sites for hydroxylation is 2. The summed E-state index contributed by atoms with van der Waals surface area (Å²) in [7, 11) is 0. The molecule has 2 fully saturated rings. The molecule has 4 N–H and O–H groups in total. The second-order valence-electron chi connectivity index (χ2n) is 15.4. The number of epoxide rings is 1. The minimum Gasteiger partial charge on any atom is -0.379 e. The third-order valence-corrected chi connectivity index (χ3v) is 9.66. The van der Waals surface area contributed by atoms with Gasteiger partial charge in [-0.1, -0.05) is 88.4 Å². The molecule has 2 saturated heterocycles. The van der Waals surface area contributed by atoms with E-state index in [1.807, 2.05) is 93.3 Å². The van der Waals surface area contributed by atoms with E-state index in [1.165, 1.54) is 0 Å². The van der Waals surface area contributed by atoms with Crippen molar-refractivity contribution in [2.75, 3.05) is 39.5 Å². The number of carbonyl (C=O) groups is 5. The van der Waals surface area contributed by atoms with E-state index in [2.05, 4.69) is 21.3 Å². The molecule has 0 bridgehead atoms. The van der Waals surface area contributed by atoms with Crippen LogP contribution in [0.25, 0.3) is 0 Å². The average molecular weight is 734 g/mol. The summed E-state index contributed by atoms with van der Waals surface area (Å²) in [6.45, 7) is 12.4. The molecule has 12 heteroatoms. The first-order valence-electron chi connectivity index (χ1n) is 19.1. The van der Waals surface area contributed by atoms with E-state index < -0.39 is 47.5 Å². The molecule has 0 aliphatic carbocycles. The molecule has 2 unspecified atom stereocenters. The summed E-state index contributed by atoms with van der Waals surface area (Å²) in [4.78, 5) is 70.6. The number of Topliss-reactive ketones (excluding diaryl/α,β-unsaturated/α-hetero) is 1. The number of amides is 4. The van der Waals surface area contributed by atoms with Crippen molar-refractivity contribution in [1.29, 1.82) is 0 Å². The molecule has 2 aliphatic heterocycles. The topological polar surface area (TPSA) is 158 Å². The number of ketones is 1. The molecule has 4 amide bonds. The van der Waals surface area contributed by atoms with Gasteiger partial charge in [0.25, 0.3) is 0 Å². The average Bonchev–Trinajstić information content (AvgIpc) is 3.89. The zero-order chi connectivity index (χ0) is 38.4. The normalized spacial score (nSPS) is 19.5. The molecule has 2 heterocycles. The van der Waals surface area contributed by atoms with Gasteiger partial charge in [-0.05, 0) is 68.4 Å². The quantitative estimate of drug-likeness (QED) is 0.143. The Bertz CT molecular complexity index is 1490. The molecule has 4 rings (SSSR count). The molecule has 2 aliphatic rings. The van der Waals surface area contributed by atoms with E-state index in [4.69, 9.17) is 9.47 Å². The Morgan fingerprint density at radius 3 is 1.58 bits per heavy atom. The molecular weight excluding hydrogens is 674 g/mol. The maximum Gasteiger partial charge on any atom is 0.243 e. The molecule has 2 aromatic rings. The van der Waals surface area contributed by atoms with Gasteiger partial charge in [0.05, 0.1) is 32.4 Å². The van der Waals surface area contributed by atoms with Crippen molar-refractivity contribution in [3.05, 3.63) is 71.8 Å². The summed E-state index contributed by atoms with van der Waals surface area (Å²) in [5, 5.41) is 11.7. The molecule has 2 aromatic carbocycles. The Labute approximate surface area is 314 Å². The Hall–Kier alpha value is -4.13. The van der Waals surface area contributed by atoms with Crippen LogP contribution in [-0.4, -0.2) is 104 Å². The van der Waals surface area contributed by atoms with Crippen molar-refractivity contribution in [1.82, 2.24) is 26.2 Å². The number of morpholine rings is 1. The highest BCUT2D eigenvalue weighted by atomic mass is 16.6. The van der Waals surface area contributed by atoms with Crippen molar-refractivity contribution in [3.8, 4) is 0 Å². The van der Waals surface area contributed by atoms with Crippen molar-refractivity contribution >= 4 is 29.4 Å². The van der Waals surface area contributed by atoms with Crippen LogP contribution in [0, 0.1) is 11.8 Å². The highest BCUT2D eigenvalue weighted by Gasteiger charge is 2.50. The highest BCUT2D eigenvalue weighted by molar-refractivity contribution is 5.98. The molecule has 0 radical (unpaired) electrons. The van der Waals surface area contributed by atoms with Crippen molar-refractivity contribution in [2.24, 2.45) is 11.8 Å². The third-order valence-electron chi connectivity index (χ3n) is 9.66. The SMILES string of the molecule is CC(C)CC(NC(=O)[C@H](CCc1ccccc1)NC(=O)CN1CCOCC1)C(=O)N[C@@H](CCc1ccccc1)C(=O)NC(CC(C)C)C(=O)[C@@]1(C)CO1. The van der Waals surface area contributed by atoms with Crippen LogP contribution in [0.4, 0.5) is 0 Å². The Morgan fingerprint density at radius 2 is 1.09 bits per heavy atom. The van der Waals surface area contributed by atoms with Gasteiger partial charge < -0.3 is 30.7 Å². The predicted molar refractivity (Wildman–Crippen MR) is 203 cm³/mol. The first kappa shape index (κ1) is 41.6. The third kappa shape index (κ3) is 14.0. The number of nitrogens with one attached hydrogen (secondary N) is 4. The standard InChI is InChI=1S/C41H59N5O7/c1-28(2)24-34(37(48)41(5)27-53-41)44-39(50)33(19-17-31-14-10-7-11-15-31)43-40(51)35(25-29(3)4)45-38(49)32(18-16-30-12-8-6-9-13-30)42-36(47)26-46-20-22-52-23-21-46/h6-15,28-29,32-35H,16-27H2,1-5H3,(H,42,47)(H,43,51)(H,44,50)(H,45,49)/t32-,33-,34?,35?,41+/m0/s1. The van der Waals surface area contributed by atoms with E-state index in [0.717, 1.165) is 11.1 Å². The van der Waals surface area contributed by atoms with E-state index in [-0.39, 0.29) is 36.5 Å². The van der Waals surface area contributed by atoms with Crippen LogP contribution in [0.2, 0.25) is 0 Å². The summed E-state index contributed by atoms with van der Waals surface area (Å²) in [5.74, 6) is -1.77. The van der Waals surface area contributed by atoms with Crippen molar-refractivity contribution in [2.45, 2.75) is 103 Å². The molecular formula is C41H59N5O7. The summed E-state index contributed by atoms with van der Waals surface area (Å²) < 4.78 is 10.8. The molecule has 0 saturated carbocycles. The molecule has 0 spiro atoms. The van der Waals surface area contributed by atoms with Crippen LogP contribution in [0.1, 0.15) is 71.4 Å². The second-order valence-corrected chi connectivity index (χ2v) is 15.4. The lowest BCUT2D eigenvalue weighted by molar-refractivity contribution is -0.135. The lowest BCUT2D eigenvalue weighted by Gasteiger charge is -2.29. The van der Waals surface area contributed by atoms with Gasteiger partial charge in [0.2, 0.25) is 23.6 Å². The van der Waals surface area contributed by atoms with Crippen LogP contribution < -0.4 is 21.3 Å². The second kappa shape index (κ2) is 20.4. The zero-order valence-electron chi connectivity index (χ0n) is 32.0. The first-order valence-corrected chi connectivity index (χ1v) is 19.1. The van der Waals surface area contributed by atoms with Crippen LogP contribution >= 0.6 is 0 Å². The van der Waals surface area contributed by atoms with Crippen LogP contribution in [0.3, 0.4) is 0 Å². The van der Waals surface area contributed by atoms with Gasteiger partial charge >= 0.3 is 0 Å². The van der Waals surface area contributed by atoms with Crippen LogP contribution in [-0.2, 0) is 46.3 Å². The van der Waals surface area contributed by atoms with Crippen molar-refractivity contribution < 1.29 is 33.4 Å². The number of nitrogens with zero attached hydrogens (tertiary/aromatic N) is 1. The van der Waals surface area contributed by atoms with E-state index >= 15 is 0 Å². The highest BCUT2D eigenvalue weighted by Crippen LogP contribution is 2.29. The molecule has 5 atom stereocenters. The van der Waals surface area contributed by atoms with Gasteiger partial charge in [0.15, 0.2) is 5.78 Å². The minimum atomic E-state index is -0.980. The predicted octanol–water partition coefficient (Wildman–Crippen LogP) is 2.97. The smallest absolute Gasteiger partial charge is 0.243 e. The van der Waals surface area contributed by atoms with Gasteiger partial charge in [0, 0.05) is 13.1 Å². The largest absolute Gasteiger partial charge is 0.379 e. The number of hydrogen-bond donors (Lipinski definition) is 4. The Balaban J connectivity index is 1.50.